The summed E-state index contributed by atoms with van der Waals surface area (Å²) in [7, 11) is -3.51. The van der Waals surface area contributed by atoms with Crippen molar-refractivity contribution in [2.75, 3.05) is 35.5 Å². The third kappa shape index (κ3) is 7.20. The van der Waals surface area contributed by atoms with Gasteiger partial charge < -0.3 is 10.2 Å². The summed E-state index contributed by atoms with van der Waals surface area (Å²) in [5.41, 5.74) is 1.46. The SMILES string of the molecule is CS(=O)(=O)N(CCCC(=O)Nc1ccccc1C(=O)N1CCCCCC1)c1ccc(Cl)cc1. The van der Waals surface area contributed by atoms with Gasteiger partial charge in [0.05, 0.1) is 23.2 Å². The number of halogens is 1. The van der Waals surface area contributed by atoms with Gasteiger partial charge in [-0.15, -0.1) is 0 Å². The first kappa shape index (κ1) is 25.1. The number of sulfonamides is 1. The molecule has 0 radical (unpaired) electrons. The van der Waals surface area contributed by atoms with E-state index in [1.54, 1.807) is 48.5 Å². The van der Waals surface area contributed by atoms with Gasteiger partial charge in [-0.05, 0) is 55.7 Å². The lowest BCUT2D eigenvalue weighted by Gasteiger charge is -2.23. The molecule has 3 rings (SSSR count). The van der Waals surface area contributed by atoms with E-state index in [1.807, 2.05) is 4.90 Å². The van der Waals surface area contributed by atoms with Crippen molar-refractivity contribution in [3.8, 4) is 0 Å². The molecule has 1 fully saturated rings. The number of nitrogens with zero attached hydrogens (tertiary/aromatic N) is 2. The Morgan fingerprint density at radius 2 is 1.64 bits per heavy atom. The third-order valence-corrected chi connectivity index (χ3v) is 7.05. The van der Waals surface area contributed by atoms with Gasteiger partial charge in [0, 0.05) is 31.1 Å². The van der Waals surface area contributed by atoms with E-state index in [0.29, 0.717) is 28.4 Å². The molecule has 1 aliphatic heterocycles. The Morgan fingerprint density at radius 1 is 1.00 bits per heavy atom. The molecule has 0 aromatic heterocycles. The molecule has 33 heavy (non-hydrogen) atoms. The number of hydrogen-bond donors (Lipinski definition) is 1. The molecule has 1 heterocycles. The number of benzene rings is 2. The maximum absolute atomic E-state index is 13.0. The third-order valence-electron chi connectivity index (χ3n) is 5.60. The summed E-state index contributed by atoms with van der Waals surface area (Å²) >= 11 is 5.90. The Bertz CT molecular complexity index is 1070. The number of rotatable bonds is 8. The smallest absolute Gasteiger partial charge is 0.255 e. The Hall–Kier alpha value is -2.58. The number of likely N-dealkylation sites (tertiary alicyclic amines) is 1. The van der Waals surface area contributed by atoms with Crippen LogP contribution < -0.4 is 9.62 Å². The van der Waals surface area contributed by atoms with Crippen LogP contribution in [-0.2, 0) is 14.8 Å². The fourth-order valence-electron chi connectivity index (χ4n) is 3.91. The fourth-order valence-corrected chi connectivity index (χ4v) is 5.00. The van der Waals surface area contributed by atoms with E-state index < -0.39 is 10.0 Å². The van der Waals surface area contributed by atoms with Gasteiger partial charge in [0.15, 0.2) is 0 Å². The minimum absolute atomic E-state index is 0.0706. The molecule has 1 N–H and O–H groups in total. The highest BCUT2D eigenvalue weighted by Gasteiger charge is 2.21. The highest BCUT2D eigenvalue weighted by Crippen LogP contribution is 2.22. The molecule has 178 valence electrons. The number of carbonyl (C=O) groups is 2. The molecule has 0 saturated carbocycles. The predicted octanol–water partition coefficient (Wildman–Crippen LogP) is 4.54. The molecule has 9 heteroatoms. The van der Waals surface area contributed by atoms with Gasteiger partial charge in [0.2, 0.25) is 15.9 Å². The summed E-state index contributed by atoms with van der Waals surface area (Å²) in [5.74, 6) is -0.338. The molecule has 1 saturated heterocycles. The van der Waals surface area contributed by atoms with Crippen molar-refractivity contribution in [1.82, 2.24) is 4.90 Å². The van der Waals surface area contributed by atoms with Crippen LogP contribution in [0.25, 0.3) is 0 Å². The minimum atomic E-state index is -3.51. The van der Waals surface area contributed by atoms with Crippen molar-refractivity contribution in [3.05, 3.63) is 59.1 Å². The van der Waals surface area contributed by atoms with Crippen molar-refractivity contribution in [2.24, 2.45) is 0 Å². The molecule has 0 spiro atoms. The molecule has 0 atom stereocenters. The van der Waals surface area contributed by atoms with Crippen LogP contribution in [0, 0.1) is 0 Å². The van der Waals surface area contributed by atoms with E-state index >= 15 is 0 Å². The van der Waals surface area contributed by atoms with Gasteiger partial charge in [-0.2, -0.15) is 0 Å². The van der Waals surface area contributed by atoms with Gasteiger partial charge in [-0.3, -0.25) is 13.9 Å². The van der Waals surface area contributed by atoms with Crippen molar-refractivity contribution in [2.45, 2.75) is 38.5 Å². The number of carbonyl (C=O) groups excluding carboxylic acids is 2. The first-order valence-corrected chi connectivity index (χ1v) is 13.4. The molecule has 0 bridgehead atoms. The van der Waals surface area contributed by atoms with E-state index in [2.05, 4.69) is 5.32 Å². The van der Waals surface area contributed by atoms with Gasteiger partial charge in [-0.1, -0.05) is 36.6 Å². The average molecular weight is 492 g/mol. The van der Waals surface area contributed by atoms with Gasteiger partial charge >= 0.3 is 0 Å². The average Bonchev–Trinajstić information content (AvgIpc) is 3.06. The zero-order valence-electron chi connectivity index (χ0n) is 18.8. The zero-order chi connectivity index (χ0) is 23.8. The van der Waals surface area contributed by atoms with Crippen LogP contribution in [0.5, 0.6) is 0 Å². The number of anilines is 2. The highest BCUT2D eigenvalue weighted by atomic mass is 35.5. The number of amides is 2. The lowest BCUT2D eigenvalue weighted by atomic mass is 10.1. The molecule has 2 aromatic carbocycles. The largest absolute Gasteiger partial charge is 0.339 e. The van der Waals surface area contributed by atoms with Crippen molar-refractivity contribution in [3.63, 3.8) is 0 Å². The Morgan fingerprint density at radius 3 is 2.27 bits per heavy atom. The second-order valence-corrected chi connectivity index (χ2v) is 10.6. The fraction of sp³-hybridized carbons (Fsp3) is 0.417. The first-order valence-electron chi connectivity index (χ1n) is 11.2. The topological polar surface area (TPSA) is 86.8 Å². The summed E-state index contributed by atoms with van der Waals surface area (Å²) in [5, 5.41) is 3.35. The summed E-state index contributed by atoms with van der Waals surface area (Å²) in [4.78, 5) is 27.5. The second-order valence-electron chi connectivity index (χ2n) is 8.22. The van der Waals surface area contributed by atoms with Gasteiger partial charge in [-0.25, -0.2) is 8.42 Å². The van der Waals surface area contributed by atoms with E-state index in [1.165, 1.54) is 4.31 Å². The second kappa shape index (κ2) is 11.5. The lowest BCUT2D eigenvalue weighted by Crippen LogP contribution is -2.33. The van der Waals surface area contributed by atoms with Crippen LogP contribution in [-0.4, -0.2) is 51.0 Å². The maximum Gasteiger partial charge on any atom is 0.255 e. The first-order chi connectivity index (χ1) is 15.8. The van der Waals surface area contributed by atoms with Crippen LogP contribution in [0.15, 0.2) is 48.5 Å². The monoisotopic (exact) mass is 491 g/mol. The summed E-state index contributed by atoms with van der Waals surface area (Å²) in [6, 6.07) is 13.5. The van der Waals surface area contributed by atoms with Crippen LogP contribution >= 0.6 is 11.6 Å². The minimum Gasteiger partial charge on any atom is -0.339 e. The van der Waals surface area contributed by atoms with E-state index in [4.69, 9.17) is 11.6 Å². The molecule has 1 aliphatic rings. The Kier molecular flexibility index (Phi) is 8.74. The molecule has 0 unspecified atom stereocenters. The molecule has 2 aromatic rings. The Balaban J connectivity index is 1.61. The van der Waals surface area contributed by atoms with E-state index in [0.717, 1.165) is 45.0 Å². The summed E-state index contributed by atoms with van der Waals surface area (Å²) < 4.78 is 25.7. The Labute approximate surface area is 200 Å². The zero-order valence-corrected chi connectivity index (χ0v) is 20.4. The number of hydrogen-bond acceptors (Lipinski definition) is 4. The van der Waals surface area contributed by atoms with Crippen molar-refractivity contribution in [1.29, 1.82) is 0 Å². The van der Waals surface area contributed by atoms with E-state index in [9.17, 15) is 18.0 Å². The molecular formula is C24H30ClN3O4S. The van der Waals surface area contributed by atoms with Gasteiger partial charge in [0.25, 0.3) is 5.91 Å². The molecule has 7 nitrogen and oxygen atoms in total. The van der Waals surface area contributed by atoms with Crippen LogP contribution in [0.4, 0.5) is 11.4 Å². The van der Waals surface area contributed by atoms with Crippen LogP contribution in [0.1, 0.15) is 48.9 Å². The van der Waals surface area contributed by atoms with E-state index in [-0.39, 0.29) is 24.8 Å². The molecule has 0 aliphatic carbocycles. The molecular weight excluding hydrogens is 462 g/mol. The normalized spacial score (nSPS) is 14.4. The van der Waals surface area contributed by atoms with Crippen LogP contribution in [0.3, 0.4) is 0 Å². The summed E-state index contributed by atoms with van der Waals surface area (Å²) in [6.45, 7) is 1.61. The lowest BCUT2D eigenvalue weighted by molar-refractivity contribution is -0.116. The highest BCUT2D eigenvalue weighted by molar-refractivity contribution is 7.92. The quantitative estimate of drug-likeness (QED) is 0.587. The number of para-hydroxylation sites is 1. The maximum atomic E-state index is 13.0. The standard InChI is InChI=1S/C24H30ClN3O4S/c1-33(31,32)28(20-14-12-19(25)13-15-20)18-8-11-23(29)26-22-10-5-4-9-21(22)24(30)27-16-6-2-3-7-17-27/h4-5,9-10,12-15H,2-3,6-8,11,16-18H2,1H3,(H,26,29). The molecule has 2 amide bonds. The number of nitrogens with one attached hydrogen (secondary N) is 1. The van der Waals surface area contributed by atoms with Crippen molar-refractivity contribution < 1.29 is 18.0 Å². The van der Waals surface area contributed by atoms with Crippen LogP contribution in [0.2, 0.25) is 5.02 Å². The van der Waals surface area contributed by atoms with Crippen molar-refractivity contribution >= 4 is 44.8 Å². The summed E-state index contributed by atoms with van der Waals surface area (Å²) in [6.07, 6.45) is 5.81. The predicted molar refractivity (Wildman–Crippen MR) is 132 cm³/mol. The van der Waals surface area contributed by atoms with Gasteiger partial charge in [0.1, 0.15) is 0 Å².